The fourth-order valence-electron chi connectivity index (χ4n) is 2.93. The average Bonchev–Trinajstić information content (AvgIpc) is 3.13. The van der Waals surface area contributed by atoms with Crippen molar-refractivity contribution in [3.8, 4) is 0 Å². The summed E-state index contributed by atoms with van der Waals surface area (Å²) in [4.78, 5) is 37.9. The van der Waals surface area contributed by atoms with E-state index in [1.807, 2.05) is 30.3 Å². The Hall–Kier alpha value is -3.78. The van der Waals surface area contributed by atoms with Crippen molar-refractivity contribution in [2.45, 2.75) is 20.5 Å². The Morgan fingerprint density at radius 3 is 2.36 bits per heavy atom. The lowest BCUT2D eigenvalue weighted by Crippen LogP contribution is -2.13. The van der Waals surface area contributed by atoms with Gasteiger partial charge in [0.05, 0.1) is 12.2 Å². The van der Waals surface area contributed by atoms with E-state index in [0.717, 1.165) is 16.9 Å². The van der Waals surface area contributed by atoms with Crippen molar-refractivity contribution in [3.05, 3.63) is 93.6 Å². The Balaban J connectivity index is 1.80. The quantitative estimate of drug-likeness (QED) is 0.355. The molecule has 2 aromatic carbocycles. The van der Waals surface area contributed by atoms with Crippen molar-refractivity contribution in [1.29, 1.82) is 0 Å². The normalized spacial score (nSPS) is 10.8. The third-order valence-corrected chi connectivity index (χ3v) is 5.75. The van der Waals surface area contributed by atoms with Crippen molar-refractivity contribution < 1.29 is 28.2 Å². The third kappa shape index (κ3) is 6.36. The minimum Gasteiger partial charge on any atom is -0.462 e. The van der Waals surface area contributed by atoms with E-state index < -0.39 is 17.8 Å². The highest BCUT2D eigenvalue weighted by molar-refractivity contribution is 7.18. The van der Waals surface area contributed by atoms with Crippen LogP contribution in [0.15, 0.2) is 60.7 Å². The molecule has 0 aliphatic heterocycles. The lowest BCUT2D eigenvalue weighted by molar-refractivity contribution is -0.111. The lowest BCUT2D eigenvalue weighted by Gasteiger charge is -2.06. The summed E-state index contributed by atoms with van der Waals surface area (Å²) < 4.78 is 23.5. The summed E-state index contributed by atoms with van der Waals surface area (Å²) in [6, 6.07) is 14.8. The molecule has 0 spiro atoms. The van der Waals surface area contributed by atoms with E-state index in [9.17, 15) is 18.8 Å². The molecule has 1 N–H and O–H groups in total. The molecule has 1 aromatic heterocycles. The maximum Gasteiger partial charge on any atom is 0.349 e. The van der Waals surface area contributed by atoms with Crippen LogP contribution in [0.5, 0.6) is 0 Å². The van der Waals surface area contributed by atoms with Gasteiger partial charge < -0.3 is 14.8 Å². The zero-order valence-corrected chi connectivity index (χ0v) is 18.9. The number of carbonyl (C=O) groups is 3. The van der Waals surface area contributed by atoms with Gasteiger partial charge in [-0.1, -0.05) is 42.5 Å². The van der Waals surface area contributed by atoms with Crippen LogP contribution >= 0.6 is 11.3 Å². The number of hydrogen-bond acceptors (Lipinski definition) is 6. The molecular formula is C25H22FNO5S. The number of amides is 1. The largest absolute Gasteiger partial charge is 0.462 e. The molecule has 170 valence electrons. The highest BCUT2D eigenvalue weighted by Gasteiger charge is 2.27. The zero-order chi connectivity index (χ0) is 23.8. The Bertz CT molecular complexity index is 1170. The van der Waals surface area contributed by atoms with Crippen LogP contribution in [-0.2, 0) is 20.9 Å². The molecule has 1 amide bonds. The van der Waals surface area contributed by atoms with Gasteiger partial charge in [-0.2, -0.15) is 0 Å². The van der Waals surface area contributed by atoms with E-state index in [-0.39, 0.29) is 34.5 Å². The van der Waals surface area contributed by atoms with Crippen LogP contribution in [0.3, 0.4) is 0 Å². The number of carbonyl (C=O) groups excluding carboxylic acids is 3. The summed E-state index contributed by atoms with van der Waals surface area (Å²) in [5.41, 5.74) is 1.93. The molecule has 0 saturated heterocycles. The zero-order valence-electron chi connectivity index (χ0n) is 18.1. The maximum absolute atomic E-state index is 13.0. The maximum atomic E-state index is 13.0. The summed E-state index contributed by atoms with van der Waals surface area (Å²) in [5.74, 6) is -2.15. The van der Waals surface area contributed by atoms with Gasteiger partial charge in [-0.3, -0.25) is 4.79 Å². The van der Waals surface area contributed by atoms with Crippen LogP contribution in [0.1, 0.15) is 43.6 Å². The van der Waals surface area contributed by atoms with E-state index in [2.05, 4.69) is 5.32 Å². The Morgan fingerprint density at radius 1 is 1.00 bits per heavy atom. The van der Waals surface area contributed by atoms with Crippen LogP contribution in [0, 0.1) is 12.7 Å². The third-order valence-electron chi connectivity index (χ3n) is 4.56. The average molecular weight is 468 g/mol. The minimum absolute atomic E-state index is 0.0772. The number of nitrogens with one attached hydrogen (secondary N) is 1. The first-order valence-corrected chi connectivity index (χ1v) is 11.0. The summed E-state index contributed by atoms with van der Waals surface area (Å²) >= 11 is 0.945. The molecule has 8 heteroatoms. The van der Waals surface area contributed by atoms with Gasteiger partial charge in [0.15, 0.2) is 0 Å². The number of ether oxygens (including phenoxy) is 2. The predicted octanol–water partition coefficient (Wildman–Crippen LogP) is 5.38. The molecule has 0 radical (unpaired) electrons. The van der Waals surface area contributed by atoms with E-state index in [0.29, 0.717) is 11.1 Å². The van der Waals surface area contributed by atoms with Crippen LogP contribution in [0.2, 0.25) is 0 Å². The number of esters is 2. The van der Waals surface area contributed by atoms with Crippen molar-refractivity contribution in [1.82, 2.24) is 0 Å². The smallest absolute Gasteiger partial charge is 0.349 e. The number of halogens is 1. The van der Waals surface area contributed by atoms with Gasteiger partial charge in [0, 0.05) is 6.08 Å². The Kier molecular flexibility index (Phi) is 8.10. The molecular weight excluding hydrogens is 445 g/mol. The van der Waals surface area contributed by atoms with Gasteiger partial charge in [0.1, 0.15) is 22.3 Å². The fraction of sp³-hybridized carbons (Fsp3) is 0.160. The van der Waals surface area contributed by atoms with Crippen LogP contribution in [0.4, 0.5) is 9.39 Å². The molecule has 0 fully saturated rings. The molecule has 33 heavy (non-hydrogen) atoms. The van der Waals surface area contributed by atoms with E-state index in [1.165, 1.54) is 36.4 Å². The summed E-state index contributed by atoms with van der Waals surface area (Å²) in [5, 5.41) is 2.82. The second-order valence-electron chi connectivity index (χ2n) is 6.92. The molecule has 3 aromatic rings. The van der Waals surface area contributed by atoms with Crippen molar-refractivity contribution in [2.24, 2.45) is 0 Å². The number of benzene rings is 2. The Morgan fingerprint density at radius 2 is 1.70 bits per heavy atom. The summed E-state index contributed by atoms with van der Waals surface area (Å²) in [6.45, 7) is 3.48. The first-order valence-electron chi connectivity index (χ1n) is 10.1. The molecule has 0 bridgehead atoms. The molecule has 0 aliphatic carbocycles. The van der Waals surface area contributed by atoms with E-state index >= 15 is 0 Å². The molecule has 0 unspecified atom stereocenters. The van der Waals surface area contributed by atoms with Gasteiger partial charge in [-0.25, -0.2) is 14.0 Å². The van der Waals surface area contributed by atoms with Gasteiger partial charge in [-0.05, 0) is 48.7 Å². The summed E-state index contributed by atoms with van der Waals surface area (Å²) in [7, 11) is 0. The molecule has 1 heterocycles. The monoisotopic (exact) mass is 467 g/mol. The number of thiophene rings is 1. The molecule has 0 saturated carbocycles. The first-order chi connectivity index (χ1) is 15.9. The van der Waals surface area contributed by atoms with Gasteiger partial charge in [0.2, 0.25) is 5.91 Å². The highest BCUT2D eigenvalue weighted by atomic mass is 32.1. The summed E-state index contributed by atoms with van der Waals surface area (Å²) in [6.07, 6.45) is 2.76. The van der Waals surface area contributed by atoms with E-state index in [1.54, 1.807) is 13.8 Å². The second kappa shape index (κ2) is 11.2. The molecule has 0 aliphatic rings. The topological polar surface area (TPSA) is 81.7 Å². The highest BCUT2D eigenvalue weighted by Crippen LogP contribution is 2.34. The number of rotatable bonds is 8. The van der Waals surface area contributed by atoms with Crippen LogP contribution in [-0.4, -0.2) is 24.5 Å². The fourth-order valence-corrected chi connectivity index (χ4v) is 4.02. The minimum atomic E-state index is -0.647. The standard InChI is InChI=1S/C25H22FNO5S/c1-3-31-24(29)21-16(2)22(25(30)32-15-18-7-5-4-6-8-18)33-23(21)27-20(28)14-11-17-9-12-19(26)13-10-17/h4-14H,3,15H2,1-2H3,(H,27,28)/b14-11+. The number of anilines is 1. The Labute approximate surface area is 194 Å². The SMILES string of the molecule is CCOC(=O)c1c(NC(=O)/C=C/c2ccc(F)cc2)sc(C(=O)OCc2ccccc2)c1C. The first kappa shape index (κ1) is 23.9. The van der Waals surface area contributed by atoms with Gasteiger partial charge in [0.25, 0.3) is 0 Å². The van der Waals surface area contributed by atoms with E-state index in [4.69, 9.17) is 9.47 Å². The van der Waals surface area contributed by atoms with Crippen LogP contribution < -0.4 is 5.32 Å². The van der Waals surface area contributed by atoms with Gasteiger partial charge in [-0.15, -0.1) is 11.3 Å². The van der Waals surface area contributed by atoms with Crippen LogP contribution in [0.25, 0.3) is 6.08 Å². The van der Waals surface area contributed by atoms with Crippen molar-refractivity contribution in [2.75, 3.05) is 11.9 Å². The molecule has 3 rings (SSSR count). The lowest BCUT2D eigenvalue weighted by atomic mass is 10.1. The number of hydrogen-bond donors (Lipinski definition) is 1. The molecule has 6 nitrogen and oxygen atoms in total. The second-order valence-corrected chi connectivity index (χ2v) is 7.94. The van der Waals surface area contributed by atoms with Crippen molar-refractivity contribution in [3.63, 3.8) is 0 Å². The molecule has 0 atom stereocenters. The van der Waals surface area contributed by atoms with Crippen molar-refractivity contribution >= 4 is 40.3 Å². The predicted molar refractivity (Wildman–Crippen MR) is 125 cm³/mol. The van der Waals surface area contributed by atoms with Gasteiger partial charge >= 0.3 is 11.9 Å².